The van der Waals surface area contributed by atoms with Crippen LogP contribution in [-0.4, -0.2) is 72.5 Å². The van der Waals surface area contributed by atoms with Gasteiger partial charge in [0.1, 0.15) is 36.7 Å². The van der Waals surface area contributed by atoms with E-state index in [0.29, 0.717) is 5.56 Å². The zero-order chi connectivity index (χ0) is 43.5. The molecule has 1 saturated heterocycles. The first-order valence-electron chi connectivity index (χ1n) is 19.7. The molecule has 0 amide bonds. The van der Waals surface area contributed by atoms with Crippen LogP contribution in [0.1, 0.15) is 44.4 Å². The average Bonchev–Trinajstić information content (AvgIpc) is 3.76. The van der Waals surface area contributed by atoms with Gasteiger partial charge in [-0.1, -0.05) is 106 Å². The quantitative estimate of drug-likeness (QED) is 0.0415. The first kappa shape index (κ1) is 45.0. The summed E-state index contributed by atoms with van der Waals surface area (Å²) >= 11 is 1.33. The van der Waals surface area contributed by atoms with E-state index < -0.39 is 49.1 Å². The van der Waals surface area contributed by atoms with E-state index in [2.05, 4.69) is 55.1 Å². The van der Waals surface area contributed by atoms with Crippen LogP contribution in [0.2, 0.25) is 5.04 Å². The lowest BCUT2D eigenvalue weighted by Gasteiger charge is -2.43. The van der Waals surface area contributed by atoms with E-state index in [9.17, 15) is 13.6 Å². The van der Waals surface area contributed by atoms with Crippen LogP contribution in [-0.2, 0) is 35.5 Å². The molecule has 1 aliphatic heterocycles. The van der Waals surface area contributed by atoms with Crippen molar-refractivity contribution in [1.82, 2.24) is 14.8 Å². The number of benzene rings is 4. The van der Waals surface area contributed by atoms with Gasteiger partial charge in [0.2, 0.25) is 0 Å². The van der Waals surface area contributed by atoms with Crippen molar-refractivity contribution in [2.75, 3.05) is 26.4 Å². The molecule has 2 heterocycles. The Morgan fingerprint density at radius 1 is 0.951 bits per heavy atom. The van der Waals surface area contributed by atoms with Crippen LogP contribution in [0.5, 0.6) is 0 Å². The molecule has 0 aliphatic carbocycles. The highest BCUT2D eigenvalue weighted by Gasteiger charge is 2.50. The summed E-state index contributed by atoms with van der Waals surface area (Å²) in [6.45, 7) is 8.31. The number of rotatable bonds is 16. The number of ether oxygens (including phenoxy) is 4. The molecule has 5 aromatic rings. The third-order valence-electron chi connectivity index (χ3n) is 10.3. The van der Waals surface area contributed by atoms with Gasteiger partial charge in [-0.3, -0.25) is 0 Å². The zero-order valence-corrected chi connectivity index (χ0v) is 36.1. The molecule has 0 unspecified atom stereocenters. The predicted molar refractivity (Wildman–Crippen MR) is 230 cm³/mol. The zero-order valence-electron chi connectivity index (χ0n) is 34.2. The van der Waals surface area contributed by atoms with Gasteiger partial charge >= 0.3 is 6.16 Å². The molecule has 61 heavy (non-hydrogen) atoms. The number of carbonyl (C=O) groups is 1. The molecule has 0 bridgehead atoms. The molecule has 0 radical (unpaired) electrons. The van der Waals surface area contributed by atoms with Gasteiger partial charge in [0.25, 0.3) is 8.32 Å². The van der Waals surface area contributed by atoms with Crippen molar-refractivity contribution in [2.24, 2.45) is 0 Å². The molecule has 1 aliphatic rings. The molecule has 0 spiro atoms. The standard InChI is InChI=1S/C46H47F3N4O6SSi/c1-33(60-37-28-56-43(57-29-37)18-12-11-13-35-20-19-34(27-50)25-41(35)48)46(30-53-32-51-31-52-53,40-22-21-36(47)26-42(40)49)59-44(54)55-23-24-58-61(45(2,3)4,38-14-7-5-8-15-38)39-16-9-6-10-17-39/h5-22,25-26,31-33,37,43H,23-24,28-30H2,1-4H3/t33-,37?,43?,46-/m1/s1. The van der Waals surface area contributed by atoms with Gasteiger partial charge in [0.05, 0.1) is 43.2 Å². The number of allylic oxidation sites excluding steroid dienone is 2. The lowest BCUT2D eigenvalue weighted by molar-refractivity contribution is -0.146. The van der Waals surface area contributed by atoms with Crippen molar-refractivity contribution in [3.8, 4) is 6.07 Å². The fourth-order valence-corrected chi connectivity index (χ4v) is 13.3. The van der Waals surface area contributed by atoms with E-state index in [1.165, 1.54) is 53.4 Å². The van der Waals surface area contributed by atoms with Crippen molar-refractivity contribution < 1.29 is 41.3 Å². The molecule has 4 aromatic carbocycles. The van der Waals surface area contributed by atoms with Crippen molar-refractivity contribution in [1.29, 1.82) is 5.26 Å². The summed E-state index contributed by atoms with van der Waals surface area (Å²) in [5.74, 6) is -2.24. The maximum absolute atomic E-state index is 16.0. The molecule has 318 valence electrons. The Morgan fingerprint density at radius 2 is 1.64 bits per heavy atom. The van der Waals surface area contributed by atoms with Crippen LogP contribution < -0.4 is 10.4 Å². The summed E-state index contributed by atoms with van der Waals surface area (Å²) in [5.41, 5.74) is -1.34. The average molecular weight is 869 g/mol. The lowest BCUT2D eigenvalue weighted by atomic mass is 9.89. The number of nitrogens with zero attached hydrogens (tertiary/aromatic N) is 4. The van der Waals surface area contributed by atoms with Crippen molar-refractivity contribution in [3.05, 3.63) is 162 Å². The van der Waals surface area contributed by atoms with Gasteiger partial charge in [-0.05, 0) is 52.7 Å². The van der Waals surface area contributed by atoms with Crippen LogP contribution in [0.15, 0.2) is 128 Å². The molecule has 0 N–H and O–H groups in total. The molecule has 1 fully saturated rings. The maximum Gasteiger partial charge on any atom is 0.509 e. The molecule has 10 nitrogen and oxygen atoms in total. The Morgan fingerprint density at radius 3 is 2.23 bits per heavy atom. The van der Waals surface area contributed by atoms with Gasteiger partial charge in [-0.25, -0.2) is 27.6 Å². The van der Waals surface area contributed by atoms with Gasteiger partial charge in [0, 0.05) is 22.4 Å². The van der Waals surface area contributed by atoms with E-state index in [-0.39, 0.29) is 54.4 Å². The number of thioether (sulfide) groups is 1. The molecule has 2 atom stereocenters. The fourth-order valence-electron chi connectivity index (χ4n) is 7.38. The van der Waals surface area contributed by atoms with Crippen molar-refractivity contribution in [3.63, 3.8) is 0 Å². The number of halogens is 3. The summed E-state index contributed by atoms with van der Waals surface area (Å²) < 4.78 is 76.7. The highest BCUT2D eigenvalue weighted by Crippen LogP contribution is 2.42. The van der Waals surface area contributed by atoms with E-state index in [4.69, 9.17) is 28.6 Å². The second kappa shape index (κ2) is 20.4. The van der Waals surface area contributed by atoms with Gasteiger partial charge in [-0.2, -0.15) is 10.4 Å². The first-order chi connectivity index (χ1) is 29.3. The number of hydrogen-bond acceptors (Lipinski definition) is 10. The first-order valence-corrected chi connectivity index (χ1v) is 22.5. The third kappa shape index (κ3) is 10.9. The van der Waals surface area contributed by atoms with Crippen LogP contribution in [0.4, 0.5) is 18.0 Å². The van der Waals surface area contributed by atoms with Crippen LogP contribution in [0, 0.1) is 28.8 Å². The monoisotopic (exact) mass is 868 g/mol. The smallest absolute Gasteiger partial charge is 0.432 e. The SMILES string of the molecule is C[C@@H](SC1COC(C=CC=Cc2ccc(C#N)cc2F)OC1)[C@@](Cn1cncn1)(OC(=O)OCCO[Si](c1ccccc1)(c1ccccc1)C(C)(C)C)c1ccc(F)cc1F. The summed E-state index contributed by atoms with van der Waals surface area (Å²) in [7, 11) is -2.95. The van der Waals surface area contributed by atoms with Crippen LogP contribution >= 0.6 is 11.8 Å². The Kier molecular flexibility index (Phi) is 15.0. The summed E-state index contributed by atoms with van der Waals surface area (Å²) in [6, 6.07) is 29.3. The number of nitriles is 1. The molecular formula is C46H47F3N4O6SSi. The molecule has 1 aromatic heterocycles. The summed E-state index contributed by atoms with van der Waals surface area (Å²) in [5, 5.41) is 14.0. The minimum Gasteiger partial charge on any atom is -0.432 e. The Balaban J connectivity index is 1.18. The highest BCUT2D eigenvalue weighted by atomic mass is 32.2. The lowest BCUT2D eigenvalue weighted by Crippen LogP contribution is -2.66. The highest BCUT2D eigenvalue weighted by molar-refractivity contribution is 8.00. The summed E-state index contributed by atoms with van der Waals surface area (Å²) in [4.78, 5) is 17.9. The minimum absolute atomic E-state index is 0.0438. The third-order valence-corrected chi connectivity index (χ3v) is 16.8. The number of hydrogen-bond donors (Lipinski definition) is 0. The molecule has 6 rings (SSSR count). The fraction of sp³-hybridized carbons (Fsp3) is 0.304. The van der Waals surface area contributed by atoms with Crippen molar-refractivity contribution >= 4 is 42.7 Å². The van der Waals surface area contributed by atoms with E-state index in [1.54, 1.807) is 31.2 Å². The van der Waals surface area contributed by atoms with E-state index >= 15 is 4.39 Å². The summed E-state index contributed by atoms with van der Waals surface area (Å²) in [6.07, 6.45) is 7.46. The minimum atomic E-state index is -2.95. The second-order valence-electron chi connectivity index (χ2n) is 15.3. The topological polar surface area (TPSA) is 118 Å². The Labute approximate surface area is 359 Å². The van der Waals surface area contributed by atoms with Crippen LogP contribution in [0.25, 0.3) is 6.08 Å². The largest absolute Gasteiger partial charge is 0.509 e. The van der Waals surface area contributed by atoms with E-state index in [1.807, 2.05) is 42.5 Å². The van der Waals surface area contributed by atoms with Gasteiger partial charge < -0.3 is 23.4 Å². The Bertz CT molecular complexity index is 2280. The van der Waals surface area contributed by atoms with Crippen LogP contribution in [0.3, 0.4) is 0 Å². The van der Waals surface area contributed by atoms with Crippen molar-refractivity contribution in [2.45, 2.75) is 61.7 Å². The maximum atomic E-state index is 16.0. The predicted octanol–water partition coefficient (Wildman–Crippen LogP) is 8.33. The number of aromatic nitrogens is 3. The molecule has 15 heteroatoms. The molecular weight excluding hydrogens is 822 g/mol. The number of carbonyl (C=O) groups excluding carboxylic acids is 1. The Hall–Kier alpha value is -5.50. The molecule has 0 saturated carbocycles. The normalized spacial score (nSPS) is 17.5. The van der Waals surface area contributed by atoms with Gasteiger partial charge in [-0.15, -0.1) is 11.8 Å². The van der Waals surface area contributed by atoms with Gasteiger partial charge in [0.15, 0.2) is 11.9 Å². The second-order valence-corrected chi connectivity index (χ2v) is 21.3. The van der Waals surface area contributed by atoms with E-state index in [0.717, 1.165) is 22.5 Å².